The third-order valence-electron chi connectivity index (χ3n) is 7.45. The second kappa shape index (κ2) is 17.7. The van der Waals surface area contributed by atoms with Gasteiger partial charge in [-0.15, -0.1) is 33.3 Å². The number of ether oxygens (including phenoxy) is 2. The van der Waals surface area contributed by atoms with Crippen molar-refractivity contribution in [1.29, 1.82) is 0 Å². The maximum atomic E-state index is 13.4. The number of carbonyl (C=O) groups excluding carboxylic acids is 7. The van der Waals surface area contributed by atoms with Crippen LogP contribution in [0.2, 0.25) is 0 Å². The fourth-order valence-corrected chi connectivity index (χ4v) is 9.13. The minimum atomic E-state index is -1.27. The van der Waals surface area contributed by atoms with Gasteiger partial charge < -0.3 is 35.4 Å². The second-order valence-corrected chi connectivity index (χ2v) is 16.1. The van der Waals surface area contributed by atoms with Gasteiger partial charge in [-0.3, -0.25) is 44.3 Å². The lowest BCUT2D eigenvalue weighted by atomic mass is 9.89. The molecule has 26 heteroatoms. The zero-order valence-electron chi connectivity index (χ0n) is 29.2. The number of carboxylic acid groups (broad SMARTS) is 1. The Labute approximate surface area is 331 Å². The molecule has 2 fully saturated rings. The van der Waals surface area contributed by atoms with E-state index in [2.05, 4.69) is 25.7 Å². The monoisotopic (exact) mass is 850 g/mol. The number of anilines is 1. The molecule has 3 atom stereocenters. The molecular formula is C30H30N10O12S4. The van der Waals surface area contributed by atoms with Gasteiger partial charge in [0, 0.05) is 42.8 Å². The number of aliphatic carboxylic acids is 1. The Balaban J connectivity index is 1.14. The molecule has 0 radical (unpaired) electrons. The lowest BCUT2D eigenvalue weighted by Crippen LogP contribution is -2.74. The van der Waals surface area contributed by atoms with Gasteiger partial charge in [0.05, 0.1) is 0 Å². The summed E-state index contributed by atoms with van der Waals surface area (Å²) in [4.78, 5) is 109. The average Bonchev–Trinajstić information content (AvgIpc) is 3.77. The summed E-state index contributed by atoms with van der Waals surface area (Å²) in [5, 5.41) is 27.9. The maximum Gasteiger partial charge on any atom is 0.340 e. The highest BCUT2D eigenvalue weighted by Crippen LogP contribution is 2.44. The van der Waals surface area contributed by atoms with Crippen LogP contribution in [0.15, 0.2) is 33.1 Å². The van der Waals surface area contributed by atoms with Gasteiger partial charge in [-0.25, -0.2) is 15.2 Å². The van der Waals surface area contributed by atoms with Crippen LogP contribution in [0.25, 0.3) is 0 Å². The van der Waals surface area contributed by atoms with Crippen molar-refractivity contribution < 1.29 is 57.8 Å². The lowest BCUT2D eigenvalue weighted by molar-refractivity contribution is -0.157. The number of fused-ring (bicyclic) bond motifs is 1. The second-order valence-electron chi connectivity index (χ2n) is 11.7. The topological polar surface area (TPSA) is 313 Å². The molecule has 6 amide bonds. The molecule has 56 heavy (non-hydrogen) atoms. The first-order chi connectivity index (χ1) is 26.5. The van der Waals surface area contributed by atoms with Gasteiger partial charge in [0.25, 0.3) is 17.7 Å². The van der Waals surface area contributed by atoms with Crippen molar-refractivity contribution >= 4 is 105 Å². The maximum absolute atomic E-state index is 13.4. The molecule has 3 aromatic rings. The number of hydrogen-bond donors (Lipinski definition) is 6. The zero-order chi connectivity index (χ0) is 40.7. The standard InChI is InChI=1S/C30H30N10O12S4/c1-12-35-38-29(56-12)55-11-30(26(47)48)9-40-24(46)21(25(40)54-10-30)33-23(45)20(16-8-53-27(31)32-16)39-50-7-19(43)36-37-28(49)34-22(44)15-4-5-17(51-13(2)41)18(6-15)52-14(3)42/h4-6,8,21,25H,7,9-11H2,1-3H3,(H2,31,32)(H,33,45)(H,36,43)(H,47,48)(H2,34,37,44,49)/t21?,25-,30?/m1/s1. The van der Waals surface area contributed by atoms with Crippen LogP contribution in [0.4, 0.5) is 9.93 Å². The highest BCUT2D eigenvalue weighted by molar-refractivity contribution is 8.01. The number of benzene rings is 1. The number of urea groups is 1. The van der Waals surface area contributed by atoms with E-state index >= 15 is 0 Å². The summed E-state index contributed by atoms with van der Waals surface area (Å²) in [6.45, 7) is 3.05. The normalized spacial score (nSPS) is 18.7. The van der Waals surface area contributed by atoms with E-state index in [0.717, 1.165) is 36.3 Å². The molecule has 2 saturated heterocycles. The fraction of sp³-hybridized carbons (Fsp3) is 0.333. The minimum Gasteiger partial charge on any atom is -0.481 e. The van der Waals surface area contributed by atoms with Crippen LogP contribution in [-0.2, 0) is 33.6 Å². The minimum absolute atomic E-state index is 0.0343. The number of imide groups is 1. The van der Waals surface area contributed by atoms with Crippen LogP contribution in [-0.4, -0.2) is 115 Å². The first-order valence-electron chi connectivity index (χ1n) is 15.8. The average molecular weight is 851 g/mol. The number of oxime groups is 1. The predicted octanol–water partition coefficient (Wildman–Crippen LogP) is -0.109. The quantitative estimate of drug-likeness (QED) is 0.0326. The van der Waals surface area contributed by atoms with Crippen molar-refractivity contribution in [2.75, 3.05) is 30.4 Å². The number of nitrogen functional groups attached to an aromatic ring is 1. The first-order valence-corrected chi connectivity index (χ1v) is 19.5. The number of nitrogens with zero attached hydrogens (tertiary/aromatic N) is 5. The van der Waals surface area contributed by atoms with Crippen LogP contribution < -0.4 is 36.7 Å². The zero-order valence-corrected chi connectivity index (χ0v) is 32.4. The van der Waals surface area contributed by atoms with Gasteiger partial charge >= 0.3 is 23.9 Å². The van der Waals surface area contributed by atoms with Crippen molar-refractivity contribution in [3.05, 3.63) is 39.8 Å². The summed E-state index contributed by atoms with van der Waals surface area (Å²) in [5.74, 6) is -6.05. The Morgan fingerprint density at radius 2 is 1.82 bits per heavy atom. The predicted molar refractivity (Wildman–Crippen MR) is 198 cm³/mol. The Bertz CT molecular complexity index is 2130. The largest absolute Gasteiger partial charge is 0.481 e. The number of β-lactam (4-membered cyclic amide) rings is 1. The van der Waals surface area contributed by atoms with Crippen molar-refractivity contribution in [3.63, 3.8) is 0 Å². The van der Waals surface area contributed by atoms with Crippen LogP contribution >= 0.6 is 46.2 Å². The van der Waals surface area contributed by atoms with E-state index in [1.165, 1.54) is 57.3 Å². The molecule has 2 aliphatic heterocycles. The summed E-state index contributed by atoms with van der Waals surface area (Å²) in [6, 6.07) is 1.18. The molecule has 4 heterocycles. The summed E-state index contributed by atoms with van der Waals surface area (Å²) in [7, 11) is 0. The highest BCUT2D eigenvalue weighted by Gasteiger charge is 2.57. The Kier molecular flexibility index (Phi) is 13.1. The fourth-order valence-electron chi connectivity index (χ4n) is 4.90. The Morgan fingerprint density at radius 3 is 2.46 bits per heavy atom. The van der Waals surface area contributed by atoms with Crippen molar-refractivity contribution in [3.8, 4) is 11.5 Å². The van der Waals surface area contributed by atoms with Crippen molar-refractivity contribution in [1.82, 2.24) is 41.6 Å². The van der Waals surface area contributed by atoms with Gasteiger partial charge in [-0.05, 0) is 25.1 Å². The summed E-state index contributed by atoms with van der Waals surface area (Å²) < 4.78 is 10.5. The highest BCUT2D eigenvalue weighted by atomic mass is 32.2. The molecule has 7 N–H and O–H groups in total. The van der Waals surface area contributed by atoms with Crippen molar-refractivity contribution in [2.45, 2.75) is 36.5 Å². The summed E-state index contributed by atoms with van der Waals surface area (Å²) >= 11 is 4.76. The molecule has 0 saturated carbocycles. The van der Waals surface area contributed by atoms with E-state index in [1.54, 1.807) is 6.92 Å². The van der Waals surface area contributed by atoms with Gasteiger partial charge in [0.2, 0.25) is 5.91 Å². The molecule has 5 rings (SSSR count). The number of carboxylic acids is 1. The number of esters is 2. The number of nitrogens with one attached hydrogen (secondary N) is 4. The van der Waals surface area contributed by atoms with Gasteiger partial charge in [0.15, 0.2) is 33.3 Å². The van der Waals surface area contributed by atoms with E-state index in [-0.39, 0.29) is 45.9 Å². The molecule has 2 unspecified atom stereocenters. The Morgan fingerprint density at radius 1 is 1.09 bits per heavy atom. The number of rotatable bonds is 13. The van der Waals surface area contributed by atoms with Crippen LogP contribution in [0.3, 0.4) is 0 Å². The van der Waals surface area contributed by atoms with Gasteiger partial charge in [-0.1, -0.05) is 28.3 Å². The number of hydrogen-bond acceptors (Lipinski definition) is 20. The van der Waals surface area contributed by atoms with Gasteiger partial charge in [0.1, 0.15) is 27.5 Å². The van der Waals surface area contributed by atoms with Crippen LogP contribution in [0.5, 0.6) is 11.5 Å². The number of aromatic nitrogens is 3. The molecule has 0 bridgehead atoms. The molecule has 1 aromatic carbocycles. The molecule has 0 spiro atoms. The number of thiazole rings is 1. The van der Waals surface area contributed by atoms with E-state index in [4.69, 9.17) is 20.0 Å². The van der Waals surface area contributed by atoms with E-state index in [9.17, 15) is 43.5 Å². The third kappa shape index (κ3) is 10.1. The number of amides is 6. The van der Waals surface area contributed by atoms with Gasteiger partial charge in [-0.2, -0.15) is 0 Å². The number of thioether (sulfide) groups is 2. The molecule has 0 aliphatic carbocycles. The lowest BCUT2D eigenvalue weighted by Gasteiger charge is -2.53. The molecule has 2 aromatic heterocycles. The molecule has 2 aliphatic rings. The number of hydrazine groups is 1. The van der Waals surface area contributed by atoms with Crippen LogP contribution in [0.1, 0.15) is 34.9 Å². The number of aryl methyl sites for hydroxylation is 1. The third-order valence-corrected chi connectivity index (χ3v) is 12.0. The SMILES string of the molecule is CC(=O)Oc1ccc(C(=O)NC(=O)NNC(=O)CON=C(C(=O)NC2C(=O)N3CC(CSc4nnc(C)s4)(C(=O)O)CS[C@H]23)c2csc(N)n2)cc1OC(C)=O. The Hall–Kier alpha value is -5.86. The number of nitrogens with two attached hydrogens (primary N) is 1. The van der Waals surface area contributed by atoms with Crippen LogP contribution in [0, 0.1) is 12.3 Å². The summed E-state index contributed by atoms with van der Waals surface area (Å²) in [6.07, 6.45) is 0. The van der Waals surface area contributed by atoms with E-state index in [1.807, 2.05) is 16.2 Å². The first kappa shape index (κ1) is 41.3. The molecular weight excluding hydrogens is 821 g/mol. The van der Waals surface area contributed by atoms with E-state index < -0.39 is 76.7 Å². The molecule has 296 valence electrons. The smallest absolute Gasteiger partial charge is 0.340 e. The molecule has 22 nitrogen and oxygen atoms in total. The van der Waals surface area contributed by atoms with E-state index in [0.29, 0.717) is 4.34 Å². The number of carbonyl (C=O) groups is 8. The van der Waals surface area contributed by atoms with Crippen molar-refractivity contribution in [2.24, 2.45) is 10.6 Å². The summed E-state index contributed by atoms with van der Waals surface area (Å²) in [5.41, 5.74) is 7.70.